The number of nitrogen functional groups attached to an aromatic ring is 1. The normalized spacial score (nSPS) is 10.1. The van der Waals surface area contributed by atoms with Crippen molar-refractivity contribution in [2.45, 2.75) is 6.92 Å². The van der Waals surface area contributed by atoms with Crippen molar-refractivity contribution in [3.63, 3.8) is 0 Å². The zero-order chi connectivity index (χ0) is 13.1. The Morgan fingerprint density at radius 2 is 2.22 bits per heavy atom. The van der Waals surface area contributed by atoms with Gasteiger partial charge in [0, 0.05) is 21.1 Å². The number of nitrogens with zero attached hydrogens (tertiary/aromatic N) is 2. The highest BCUT2D eigenvalue weighted by Crippen LogP contribution is 2.20. The molecular formula is C12H11IN4O. The van der Waals surface area contributed by atoms with E-state index in [-0.39, 0.29) is 5.91 Å². The molecule has 5 nitrogen and oxygen atoms in total. The van der Waals surface area contributed by atoms with Gasteiger partial charge in [-0.05, 0) is 47.7 Å². The summed E-state index contributed by atoms with van der Waals surface area (Å²) in [6.45, 7) is 1.77. The molecule has 1 aromatic carbocycles. The molecular weight excluding hydrogens is 343 g/mol. The number of benzene rings is 1. The molecule has 92 valence electrons. The molecule has 0 unspecified atom stereocenters. The van der Waals surface area contributed by atoms with Crippen LogP contribution in [-0.2, 0) is 0 Å². The van der Waals surface area contributed by atoms with Crippen LogP contribution in [0.1, 0.15) is 16.1 Å². The molecule has 1 amide bonds. The van der Waals surface area contributed by atoms with Crippen LogP contribution in [0, 0.1) is 10.5 Å². The van der Waals surface area contributed by atoms with E-state index >= 15 is 0 Å². The van der Waals surface area contributed by atoms with Crippen molar-refractivity contribution in [1.29, 1.82) is 0 Å². The molecule has 18 heavy (non-hydrogen) atoms. The quantitative estimate of drug-likeness (QED) is 0.640. The number of halogens is 1. The lowest BCUT2D eigenvalue weighted by Gasteiger charge is -2.07. The number of aromatic nitrogens is 2. The van der Waals surface area contributed by atoms with Crippen LogP contribution in [0.25, 0.3) is 0 Å². The van der Waals surface area contributed by atoms with Crippen molar-refractivity contribution in [3.05, 3.63) is 45.6 Å². The van der Waals surface area contributed by atoms with Gasteiger partial charge in [-0.2, -0.15) is 0 Å². The van der Waals surface area contributed by atoms with E-state index in [4.69, 9.17) is 5.73 Å². The average molecular weight is 354 g/mol. The highest BCUT2D eigenvalue weighted by molar-refractivity contribution is 14.1. The number of aryl methyl sites for hydroxylation is 1. The van der Waals surface area contributed by atoms with Crippen molar-refractivity contribution in [1.82, 2.24) is 9.97 Å². The van der Waals surface area contributed by atoms with Gasteiger partial charge in [-0.15, -0.1) is 0 Å². The van der Waals surface area contributed by atoms with E-state index in [1.165, 1.54) is 12.5 Å². The molecule has 6 heteroatoms. The van der Waals surface area contributed by atoms with Gasteiger partial charge in [0.2, 0.25) is 0 Å². The van der Waals surface area contributed by atoms with Crippen molar-refractivity contribution < 1.29 is 4.79 Å². The molecule has 0 aliphatic carbocycles. The lowest BCUT2D eigenvalue weighted by Crippen LogP contribution is -2.14. The van der Waals surface area contributed by atoms with Crippen LogP contribution < -0.4 is 11.1 Å². The van der Waals surface area contributed by atoms with Crippen LogP contribution in [-0.4, -0.2) is 15.9 Å². The number of hydrogen-bond donors (Lipinski definition) is 2. The van der Waals surface area contributed by atoms with E-state index < -0.39 is 0 Å². The summed E-state index contributed by atoms with van der Waals surface area (Å²) in [6.07, 6.45) is 2.91. The largest absolute Gasteiger partial charge is 0.398 e. The van der Waals surface area contributed by atoms with Crippen molar-refractivity contribution >= 4 is 39.9 Å². The number of nitrogens with one attached hydrogen (secondary N) is 1. The van der Waals surface area contributed by atoms with E-state index in [1.54, 1.807) is 19.1 Å². The number of carbonyl (C=O) groups is 1. The van der Waals surface area contributed by atoms with Gasteiger partial charge in [0.15, 0.2) is 0 Å². The Kier molecular flexibility index (Phi) is 3.75. The maximum absolute atomic E-state index is 12.0. The first-order valence-electron chi connectivity index (χ1n) is 5.21. The lowest BCUT2D eigenvalue weighted by molar-refractivity contribution is 0.102. The van der Waals surface area contributed by atoms with Crippen LogP contribution in [0.15, 0.2) is 30.7 Å². The number of hydrogen-bond acceptors (Lipinski definition) is 4. The summed E-state index contributed by atoms with van der Waals surface area (Å²) in [5.41, 5.74) is 8.21. The molecule has 0 atom stereocenters. The second-order valence-electron chi connectivity index (χ2n) is 3.71. The minimum Gasteiger partial charge on any atom is -0.398 e. The van der Waals surface area contributed by atoms with Gasteiger partial charge < -0.3 is 11.1 Å². The van der Waals surface area contributed by atoms with Crippen LogP contribution in [0.3, 0.4) is 0 Å². The van der Waals surface area contributed by atoms with Crippen LogP contribution in [0.2, 0.25) is 0 Å². The zero-order valence-corrected chi connectivity index (χ0v) is 11.8. The second-order valence-corrected chi connectivity index (χ2v) is 4.87. The standard InChI is InChI=1S/C12H11IN4O/c1-7-9(5-15-6-16-7)12(18)17-8-2-3-11(14)10(13)4-8/h2-6H,14H2,1H3,(H,17,18). The van der Waals surface area contributed by atoms with Crippen LogP contribution in [0.5, 0.6) is 0 Å². The minimum absolute atomic E-state index is 0.228. The molecule has 0 bridgehead atoms. The van der Waals surface area contributed by atoms with Crippen LogP contribution >= 0.6 is 22.6 Å². The fourth-order valence-corrected chi connectivity index (χ4v) is 1.93. The average Bonchev–Trinajstić information content (AvgIpc) is 2.34. The Morgan fingerprint density at radius 1 is 1.44 bits per heavy atom. The van der Waals surface area contributed by atoms with Gasteiger partial charge in [0.1, 0.15) is 6.33 Å². The van der Waals surface area contributed by atoms with Gasteiger partial charge in [-0.3, -0.25) is 4.79 Å². The number of carbonyl (C=O) groups excluding carboxylic acids is 1. The third kappa shape index (κ3) is 2.76. The first-order chi connectivity index (χ1) is 8.58. The van der Waals surface area contributed by atoms with Crippen molar-refractivity contribution in [2.24, 2.45) is 0 Å². The molecule has 1 heterocycles. The molecule has 1 aromatic heterocycles. The van der Waals surface area contributed by atoms with Gasteiger partial charge in [0.25, 0.3) is 5.91 Å². The van der Waals surface area contributed by atoms with Crippen molar-refractivity contribution in [3.8, 4) is 0 Å². The summed E-state index contributed by atoms with van der Waals surface area (Å²) in [5, 5.41) is 2.79. The third-order valence-corrected chi connectivity index (χ3v) is 3.35. The Balaban J connectivity index is 2.22. The highest BCUT2D eigenvalue weighted by atomic mass is 127. The molecule has 0 saturated heterocycles. The van der Waals surface area contributed by atoms with Crippen LogP contribution in [0.4, 0.5) is 11.4 Å². The summed E-state index contributed by atoms with van der Waals surface area (Å²) in [4.78, 5) is 19.8. The Morgan fingerprint density at radius 3 is 2.89 bits per heavy atom. The molecule has 0 aliphatic heterocycles. The Hall–Kier alpha value is -1.70. The van der Waals surface area contributed by atoms with E-state index in [9.17, 15) is 4.79 Å². The minimum atomic E-state index is -0.228. The monoisotopic (exact) mass is 354 g/mol. The first-order valence-corrected chi connectivity index (χ1v) is 6.29. The Bertz CT molecular complexity index is 600. The van der Waals surface area contributed by atoms with Gasteiger partial charge in [0.05, 0.1) is 11.3 Å². The van der Waals surface area contributed by atoms with E-state index in [0.717, 1.165) is 3.57 Å². The molecule has 0 spiro atoms. The third-order valence-electron chi connectivity index (χ3n) is 2.41. The van der Waals surface area contributed by atoms with Gasteiger partial charge in [-0.1, -0.05) is 0 Å². The molecule has 3 N–H and O–H groups in total. The lowest BCUT2D eigenvalue weighted by atomic mass is 10.2. The summed E-state index contributed by atoms with van der Waals surface area (Å²) in [7, 11) is 0. The molecule has 0 fully saturated rings. The number of rotatable bonds is 2. The first kappa shape index (κ1) is 12.7. The smallest absolute Gasteiger partial charge is 0.259 e. The molecule has 2 aromatic rings. The molecule has 2 rings (SSSR count). The SMILES string of the molecule is Cc1ncncc1C(=O)Nc1ccc(N)c(I)c1. The van der Waals surface area contributed by atoms with Crippen molar-refractivity contribution in [2.75, 3.05) is 11.1 Å². The Labute approximate surface area is 118 Å². The molecule has 0 radical (unpaired) electrons. The molecule has 0 aliphatic rings. The second kappa shape index (κ2) is 5.30. The predicted octanol–water partition coefficient (Wildman–Crippen LogP) is 2.22. The number of anilines is 2. The topological polar surface area (TPSA) is 80.9 Å². The summed E-state index contributed by atoms with van der Waals surface area (Å²) in [6, 6.07) is 5.33. The number of nitrogens with two attached hydrogens (primary N) is 1. The van der Waals surface area contributed by atoms with Gasteiger partial charge in [-0.25, -0.2) is 9.97 Å². The maximum atomic E-state index is 12.0. The molecule has 0 saturated carbocycles. The van der Waals surface area contributed by atoms with E-state index in [1.807, 2.05) is 6.07 Å². The fourth-order valence-electron chi connectivity index (χ4n) is 1.42. The number of amides is 1. The summed E-state index contributed by atoms with van der Waals surface area (Å²) in [5.74, 6) is -0.228. The summed E-state index contributed by atoms with van der Waals surface area (Å²) < 4.78 is 0.895. The summed E-state index contributed by atoms with van der Waals surface area (Å²) >= 11 is 2.12. The van der Waals surface area contributed by atoms with E-state index in [2.05, 4.69) is 37.9 Å². The predicted molar refractivity (Wildman–Crippen MR) is 78.3 cm³/mol. The zero-order valence-electron chi connectivity index (χ0n) is 9.64. The van der Waals surface area contributed by atoms with E-state index in [0.29, 0.717) is 22.6 Å². The highest BCUT2D eigenvalue weighted by Gasteiger charge is 2.10. The maximum Gasteiger partial charge on any atom is 0.259 e. The van der Waals surface area contributed by atoms with Gasteiger partial charge >= 0.3 is 0 Å². The fraction of sp³-hybridized carbons (Fsp3) is 0.0833.